The number of halogens is 3. The summed E-state index contributed by atoms with van der Waals surface area (Å²) in [4.78, 5) is 0. The Kier molecular flexibility index (Phi) is 11.1. The van der Waals surface area contributed by atoms with Gasteiger partial charge in [-0.3, -0.25) is 0 Å². The number of nitrogens with zero attached hydrogens (tertiary/aromatic N) is 7. The first kappa shape index (κ1) is 46.1. The Balaban J connectivity index is 1.20. The van der Waals surface area contributed by atoms with E-state index in [1.54, 1.807) is 66.7 Å². The van der Waals surface area contributed by atoms with Crippen LogP contribution in [0, 0.1) is 56.7 Å². The van der Waals surface area contributed by atoms with Crippen LogP contribution in [0.4, 0.5) is 13.2 Å². The molecule has 0 aliphatic rings. The largest absolute Gasteiger partial charge is 0.417 e. The summed E-state index contributed by atoms with van der Waals surface area (Å²) in [6.07, 6.45) is -4.75. The van der Waals surface area contributed by atoms with Crippen LogP contribution in [0.2, 0.25) is 0 Å². The van der Waals surface area contributed by atoms with Gasteiger partial charge in [0.1, 0.15) is 0 Å². The molecule has 0 saturated heterocycles. The lowest BCUT2D eigenvalue weighted by Gasteiger charge is -2.21. The molecule has 0 spiro atoms. The van der Waals surface area contributed by atoms with E-state index in [0.717, 1.165) is 94.2 Å². The number of hydrogen-bond donors (Lipinski definition) is 0. The highest BCUT2D eigenvalue weighted by atomic mass is 19.4. The van der Waals surface area contributed by atoms with Crippen molar-refractivity contribution in [1.82, 2.24) is 9.13 Å². The number of hydrogen-bond acceptors (Lipinski definition) is 5. The molecule has 0 bridgehead atoms. The van der Waals surface area contributed by atoms with Crippen molar-refractivity contribution in [3.05, 3.63) is 240 Å². The van der Waals surface area contributed by atoms with Crippen molar-refractivity contribution in [2.45, 2.75) is 6.18 Å². The van der Waals surface area contributed by atoms with Gasteiger partial charge in [-0.1, -0.05) is 91.0 Å². The first-order valence-electron chi connectivity index (χ1n) is 24.0. The summed E-state index contributed by atoms with van der Waals surface area (Å²) in [6.45, 7) is 0. The molecule has 10 heteroatoms. The number of nitriles is 5. The van der Waals surface area contributed by atoms with E-state index in [9.17, 15) is 26.3 Å². The van der Waals surface area contributed by atoms with Gasteiger partial charge in [0.05, 0.1) is 97.2 Å². The number of rotatable bonds is 7. The molecule has 10 aromatic carbocycles. The number of alkyl halides is 3. The van der Waals surface area contributed by atoms with Crippen molar-refractivity contribution in [3.8, 4) is 97.4 Å². The quantitative estimate of drug-likeness (QED) is 0.157. The zero-order valence-corrected chi connectivity index (χ0v) is 39.9. The second-order valence-corrected chi connectivity index (χ2v) is 18.4. The fourth-order valence-electron chi connectivity index (χ4n) is 10.4. The average Bonchev–Trinajstić information content (AvgIpc) is 4.15. The summed E-state index contributed by atoms with van der Waals surface area (Å²) in [5.41, 5.74) is 12.2. The molecule has 0 aliphatic carbocycles. The van der Waals surface area contributed by atoms with Crippen LogP contribution < -0.4 is 0 Å². The van der Waals surface area contributed by atoms with Gasteiger partial charge in [0.2, 0.25) is 0 Å². The maximum Gasteiger partial charge on any atom is 0.417 e. The van der Waals surface area contributed by atoms with E-state index in [1.807, 2.05) is 97.1 Å². The highest BCUT2D eigenvalue weighted by Gasteiger charge is 2.34. The molecule has 12 rings (SSSR count). The summed E-state index contributed by atoms with van der Waals surface area (Å²) >= 11 is 0. The Morgan fingerprint density at radius 3 is 0.908 bits per heavy atom. The Morgan fingerprint density at radius 1 is 0.303 bits per heavy atom. The van der Waals surface area contributed by atoms with E-state index >= 15 is 13.2 Å². The van der Waals surface area contributed by atoms with Gasteiger partial charge in [0.15, 0.2) is 0 Å². The van der Waals surface area contributed by atoms with Crippen LogP contribution in [0.25, 0.3) is 111 Å². The topological polar surface area (TPSA) is 129 Å². The number of fused-ring (bicyclic) bond motifs is 6. The van der Waals surface area contributed by atoms with E-state index in [2.05, 4.69) is 63.7 Å². The zero-order chi connectivity index (χ0) is 52.2. The lowest BCUT2D eigenvalue weighted by atomic mass is 9.94. The summed E-state index contributed by atoms with van der Waals surface area (Å²) in [6, 6.07) is 73.4. The molecule has 0 radical (unpaired) electrons. The molecule has 0 fully saturated rings. The second-order valence-electron chi connectivity index (χ2n) is 18.4. The molecule has 0 N–H and O–H groups in total. The van der Waals surface area contributed by atoms with Crippen molar-refractivity contribution in [2.24, 2.45) is 0 Å². The first-order valence-corrected chi connectivity index (χ1v) is 24.0. The van der Waals surface area contributed by atoms with Crippen molar-refractivity contribution < 1.29 is 13.2 Å². The van der Waals surface area contributed by atoms with Crippen LogP contribution in [-0.4, -0.2) is 9.13 Å². The Hall–Kier alpha value is -11.0. The van der Waals surface area contributed by atoms with Crippen LogP contribution in [0.3, 0.4) is 0 Å². The maximum atomic E-state index is 15.1. The third kappa shape index (κ3) is 7.83. The monoisotopic (exact) mass is 981 g/mol. The zero-order valence-electron chi connectivity index (χ0n) is 39.9. The van der Waals surface area contributed by atoms with Crippen LogP contribution >= 0.6 is 0 Å². The van der Waals surface area contributed by atoms with Gasteiger partial charge in [-0.05, 0) is 165 Å². The normalized spacial score (nSPS) is 11.3. The lowest BCUT2D eigenvalue weighted by molar-refractivity contribution is -0.137. The summed E-state index contributed by atoms with van der Waals surface area (Å²) in [5.74, 6) is 0. The molecular formula is C66H34F3N7. The molecule has 2 aromatic heterocycles. The smallest absolute Gasteiger partial charge is 0.307 e. The summed E-state index contributed by atoms with van der Waals surface area (Å²) < 4.78 is 49.4. The summed E-state index contributed by atoms with van der Waals surface area (Å²) in [5, 5.41) is 52.8. The third-order valence-corrected chi connectivity index (χ3v) is 14.2. The lowest BCUT2D eigenvalue weighted by Crippen LogP contribution is -2.09. The minimum atomic E-state index is -4.75. The molecular weight excluding hydrogens is 948 g/mol. The molecule has 354 valence electrons. The van der Waals surface area contributed by atoms with E-state index in [0.29, 0.717) is 33.6 Å². The SMILES string of the molecule is N#Cc1ccc(-c2ccc3c(c2)c2cc(-c4ccc(C#N)cc4)ccc2n3-c2cc(C#N)c(-c3ccccc3C(F)(F)F)cc2-n2c3ccc(-c4ccc(C#N)cc4)cc3c3cc(-c4ccc(C#N)cc4)ccc32)cc1. The molecule has 2 heterocycles. The third-order valence-electron chi connectivity index (χ3n) is 14.2. The van der Waals surface area contributed by atoms with E-state index in [4.69, 9.17) is 0 Å². The van der Waals surface area contributed by atoms with Crippen molar-refractivity contribution >= 4 is 43.6 Å². The second kappa shape index (κ2) is 18.3. The minimum absolute atomic E-state index is 0.0285. The van der Waals surface area contributed by atoms with Crippen molar-refractivity contribution in [2.75, 3.05) is 0 Å². The molecule has 76 heavy (non-hydrogen) atoms. The fraction of sp³-hybridized carbons (Fsp3) is 0.0152. The van der Waals surface area contributed by atoms with Gasteiger partial charge in [-0.25, -0.2) is 0 Å². The van der Waals surface area contributed by atoms with Crippen molar-refractivity contribution in [1.29, 1.82) is 26.3 Å². The van der Waals surface area contributed by atoms with Crippen molar-refractivity contribution in [3.63, 3.8) is 0 Å². The van der Waals surface area contributed by atoms with E-state index in [-0.39, 0.29) is 16.7 Å². The standard InChI is InChI=1S/C66H34F3N7/c67-66(68,69)59-4-2-1-3-53(59)54-34-65(76-62-27-23-50(46-17-9-42(37-72)10-18-46)31-57(62)58-32-51(24-28-63(58)76)47-19-11-43(38-73)12-20-47)64(33-52(54)39-74)75-60-25-21-48(44-13-5-40(35-70)6-14-44)29-55(60)56-30-49(22-26-61(56)75)45-15-7-41(36-71)8-16-45/h1-34H. The fourth-order valence-corrected chi connectivity index (χ4v) is 10.4. The van der Waals surface area contributed by atoms with Gasteiger partial charge in [-0.2, -0.15) is 39.5 Å². The molecule has 0 amide bonds. The molecule has 0 unspecified atom stereocenters. The van der Waals surface area contributed by atoms with Crippen LogP contribution in [-0.2, 0) is 6.18 Å². The first-order chi connectivity index (χ1) is 37.0. The van der Waals surface area contributed by atoms with Gasteiger partial charge < -0.3 is 9.13 Å². The van der Waals surface area contributed by atoms with E-state index < -0.39 is 11.7 Å². The molecule has 0 saturated carbocycles. The van der Waals surface area contributed by atoms with Crippen LogP contribution in [0.1, 0.15) is 33.4 Å². The van der Waals surface area contributed by atoms with Crippen LogP contribution in [0.5, 0.6) is 0 Å². The van der Waals surface area contributed by atoms with E-state index in [1.165, 1.54) is 12.1 Å². The predicted molar refractivity (Wildman–Crippen MR) is 291 cm³/mol. The minimum Gasteiger partial charge on any atom is -0.307 e. The van der Waals surface area contributed by atoms with Gasteiger partial charge >= 0.3 is 6.18 Å². The highest BCUT2D eigenvalue weighted by Crippen LogP contribution is 2.46. The van der Waals surface area contributed by atoms with Gasteiger partial charge in [-0.15, -0.1) is 0 Å². The highest BCUT2D eigenvalue weighted by molar-refractivity contribution is 6.14. The number of benzene rings is 10. The summed E-state index contributed by atoms with van der Waals surface area (Å²) in [7, 11) is 0. The Morgan fingerprint density at radius 2 is 0.605 bits per heavy atom. The molecule has 0 atom stereocenters. The van der Waals surface area contributed by atoms with Gasteiger partial charge in [0, 0.05) is 27.1 Å². The Labute approximate surface area is 433 Å². The predicted octanol–water partition coefficient (Wildman–Crippen LogP) is 16.6. The molecule has 12 aromatic rings. The van der Waals surface area contributed by atoms with Crippen LogP contribution in [0.15, 0.2) is 206 Å². The number of aromatic nitrogens is 2. The Bertz CT molecular complexity index is 4360. The van der Waals surface area contributed by atoms with Gasteiger partial charge in [0.25, 0.3) is 0 Å². The molecule has 7 nitrogen and oxygen atoms in total. The molecule has 0 aliphatic heterocycles. The average molecular weight is 982 g/mol. The maximum absolute atomic E-state index is 15.1.